The third-order valence-electron chi connectivity index (χ3n) is 2.22. The summed E-state index contributed by atoms with van der Waals surface area (Å²) < 4.78 is 0. The molecule has 0 atom stereocenters. The van der Waals surface area contributed by atoms with Gasteiger partial charge in [0.2, 0.25) is 0 Å². The maximum atomic E-state index is 10.7. The van der Waals surface area contributed by atoms with Crippen LogP contribution in [0, 0.1) is 0 Å². The first kappa shape index (κ1) is 12.5. The SMILES string of the molecule is CN(C)CCCNc1cccc(C(=O)O)c1. The third-order valence-corrected chi connectivity index (χ3v) is 2.22. The number of hydrogen-bond acceptors (Lipinski definition) is 3. The molecule has 88 valence electrons. The molecule has 0 aliphatic rings. The standard InChI is InChI=1S/C12H18N2O2/c1-14(2)8-4-7-13-11-6-3-5-10(9-11)12(15)16/h3,5-6,9,13H,4,7-8H2,1-2H3,(H,15,16). The lowest BCUT2D eigenvalue weighted by molar-refractivity contribution is 0.0697. The number of nitrogens with one attached hydrogen (secondary N) is 1. The zero-order valence-corrected chi connectivity index (χ0v) is 9.73. The van der Waals surface area contributed by atoms with Gasteiger partial charge in [0.25, 0.3) is 0 Å². The summed E-state index contributed by atoms with van der Waals surface area (Å²) in [5, 5.41) is 12.0. The van der Waals surface area contributed by atoms with Crippen LogP contribution >= 0.6 is 0 Å². The van der Waals surface area contributed by atoms with Crippen molar-refractivity contribution in [2.24, 2.45) is 0 Å². The Labute approximate surface area is 95.9 Å². The van der Waals surface area contributed by atoms with Gasteiger partial charge in [0.1, 0.15) is 0 Å². The topological polar surface area (TPSA) is 52.6 Å². The molecule has 0 saturated carbocycles. The number of carboxylic acid groups (broad SMARTS) is 1. The van der Waals surface area contributed by atoms with Crippen molar-refractivity contribution in [3.05, 3.63) is 29.8 Å². The Bertz CT molecular complexity index is 351. The Balaban J connectivity index is 2.42. The smallest absolute Gasteiger partial charge is 0.335 e. The number of rotatable bonds is 6. The van der Waals surface area contributed by atoms with E-state index < -0.39 is 5.97 Å². The van der Waals surface area contributed by atoms with Crippen LogP contribution in [0.2, 0.25) is 0 Å². The zero-order chi connectivity index (χ0) is 12.0. The van der Waals surface area contributed by atoms with Crippen LogP contribution in [-0.4, -0.2) is 43.2 Å². The predicted octanol–water partition coefficient (Wildman–Crippen LogP) is 1.75. The fraction of sp³-hybridized carbons (Fsp3) is 0.417. The van der Waals surface area contributed by atoms with Gasteiger partial charge in [0.05, 0.1) is 5.56 Å². The molecule has 0 fully saturated rings. The van der Waals surface area contributed by atoms with E-state index in [1.54, 1.807) is 18.2 Å². The van der Waals surface area contributed by atoms with Gasteiger partial charge < -0.3 is 15.3 Å². The molecule has 0 radical (unpaired) electrons. The van der Waals surface area contributed by atoms with Crippen molar-refractivity contribution in [2.75, 3.05) is 32.5 Å². The van der Waals surface area contributed by atoms with Crippen molar-refractivity contribution in [1.82, 2.24) is 4.90 Å². The Hall–Kier alpha value is -1.55. The molecule has 0 heterocycles. The van der Waals surface area contributed by atoms with E-state index in [2.05, 4.69) is 10.2 Å². The number of carboxylic acids is 1. The largest absolute Gasteiger partial charge is 0.478 e. The Morgan fingerprint density at radius 2 is 2.19 bits per heavy atom. The van der Waals surface area contributed by atoms with Gasteiger partial charge in [-0.05, 0) is 45.3 Å². The summed E-state index contributed by atoms with van der Waals surface area (Å²) in [4.78, 5) is 12.9. The summed E-state index contributed by atoms with van der Waals surface area (Å²) in [6, 6.07) is 6.87. The fourth-order valence-electron chi connectivity index (χ4n) is 1.39. The van der Waals surface area contributed by atoms with E-state index in [1.165, 1.54) is 0 Å². The van der Waals surface area contributed by atoms with E-state index in [0.29, 0.717) is 5.56 Å². The quantitative estimate of drug-likeness (QED) is 0.720. The molecule has 1 rings (SSSR count). The van der Waals surface area contributed by atoms with Gasteiger partial charge in [-0.25, -0.2) is 4.79 Å². The molecule has 0 amide bonds. The Kier molecular flexibility index (Phi) is 4.79. The minimum Gasteiger partial charge on any atom is -0.478 e. The molecule has 0 spiro atoms. The number of hydrogen-bond donors (Lipinski definition) is 2. The van der Waals surface area contributed by atoms with Crippen LogP contribution < -0.4 is 5.32 Å². The molecule has 1 aromatic rings. The average molecular weight is 222 g/mol. The monoisotopic (exact) mass is 222 g/mol. The zero-order valence-electron chi connectivity index (χ0n) is 9.73. The molecule has 0 unspecified atom stereocenters. The summed E-state index contributed by atoms with van der Waals surface area (Å²) >= 11 is 0. The molecule has 4 heteroatoms. The van der Waals surface area contributed by atoms with Gasteiger partial charge in [-0.1, -0.05) is 6.07 Å². The maximum absolute atomic E-state index is 10.7. The van der Waals surface area contributed by atoms with E-state index in [1.807, 2.05) is 20.2 Å². The average Bonchev–Trinajstić information content (AvgIpc) is 2.24. The van der Waals surface area contributed by atoms with Crippen LogP contribution in [0.4, 0.5) is 5.69 Å². The molecule has 16 heavy (non-hydrogen) atoms. The van der Waals surface area contributed by atoms with E-state index in [4.69, 9.17) is 5.11 Å². The number of carbonyl (C=O) groups is 1. The highest BCUT2D eigenvalue weighted by molar-refractivity contribution is 5.88. The molecule has 0 aromatic heterocycles. The lowest BCUT2D eigenvalue weighted by atomic mass is 10.2. The van der Waals surface area contributed by atoms with Crippen LogP contribution in [0.15, 0.2) is 24.3 Å². The number of aromatic carboxylic acids is 1. The summed E-state index contributed by atoms with van der Waals surface area (Å²) in [6.07, 6.45) is 1.03. The summed E-state index contributed by atoms with van der Waals surface area (Å²) in [5.74, 6) is -0.892. The molecule has 0 aliphatic heterocycles. The predicted molar refractivity (Wildman–Crippen MR) is 65.1 cm³/mol. The minimum atomic E-state index is -0.892. The van der Waals surface area contributed by atoms with Crippen molar-refractivity contribution >= 4 is 11.7 Å². The van der Waals surface area contributed by atoms with Gasteiger partial charge in [0.15, 0.2) is 0 Å². The number of anilines is 1. The molecule has 4 nitrogen and oxygen atoms in total. The highest BCUT2D eigenvalue weighted by Crippen LogP contribution is 2.10. The molecule has 2 N–H and O–H groups in total. The highest BCUT2D eigenvalue weighted by Gasteiger charge is 2.02. The third kappa shape index (κ3) is 4.31. The second-order valence-electron chi connectivity index (χ2n) is 3.97. The highest BCUT2D eigenvalue weighted by atomic mass is 16.4. The molecule has 0 bridgehead atoms. The second-order valence-corrected chi connectivity index (χ2v) is 3.97. The van der Waals surface area contributed by atoms with Gasteiger partial charge >= 0.3 is 5.97 Å². The normalized spacial score (nSPS) is 10.4. The lowest BCUT2D eigenvalue weighted by Crippen LogP contribution is -2.16. The van der Waals surface area contributed by atoms with Gasteiger partial charge in [-0.2, -0.15) is 0 Å². The molecular formula is C12H18N2O2. The molecule has 0 saturated heterocycles. The van der Waals surface area contributed by atoms with Gasteiger partial charge in [-0.15, -0.1) is 0 Å². The van der Waals surface area contributed by atoms with Crippen molar-refractivity contribution in [1.29, 1.82) is 0 Å². The fourth-order valence-corrected chi connectivity index (χ4v) is 1.39. The van der Waals surface area contributed by atoms with Crippen molar-refractivity contribution in [2.45, 2.75) is 6.42 Å². The van der Waals surface area contributed by atoms with Gasteiger partial charge in [0, 0.05) is 12.2 Å². The van der Waals surface area contributed by atoms with Crippen LogP contribution in [-0.2, 0) is 0 Å². The second kappa shape index (κ2) is 6.12. The van der Waals surface area contributed by atoms with Gasteiger partial charge in [-0.3, -0.25) is 0 Å². The van der Waals surface area contributed by atoms with E-state index in [0.717, 1.165) is 25.2 Å². The summed E-state index contributed by atoms with van der Waals surface area (Å²) in [7, 11) is 4.07. The van der Waals surface area contributed by atoms with E-state index >= 15 is 0 Å². The Morgan fingerprint density at radius 3 is 2.81 bits per heavy atom. The van der Waals surface area contributed by atoms with Crippen LogP contribution in [0.1, 0.15) is 16.8 Å². The van der Waals surface area contributed by atoms with Crippen molar-refractivity contribution in [3.63, 3.8) is 0 Å². The summed E-state index contributed by atoms with van der Waals surface area (Å²) in [6.45, 7) is 1.87. The molecule has 1 aromatic carbocycles. The first-order chi connectivity index (χ1) is 7.59. The van der Waals surface area contributed by atoms with Crippen molar-refractivity contribution < 1.29 is 9.90 Å². The minimum absolute atomic E-state index is 0.317. The van der Waals surface area contributed by atoms with E-state index in [9.17, 15) is 4.79 Å². The number of benzene rings is 1. The number of nitrogens with zero attached hydrogens (tertiary/aromatic N) is 1. The van der Waals surface area contributed by atoms with Crippen LogP contribution in [0.5, 0.6) is 0 Å². The lowest BCUT2D eigenvalue weighted by Gasteiger charge is -2.10. The van der Waals surface area contributed by atoms with Crippen molar-refractivity contribution in [3.8, 4) is 0 Å². The van der Waals surface area contributed by atoms with Crippen LogP contribution in [0.3, 0.4) is 0 Å². The molecular weight excluding hydrogens is 204 g/mol. The Morgan fingerprint density at radius 1 is 1.44 bits per heavy atom. The summed E-state index contributed by atoms with van der Waals surface area (Å²) in [5.41, 5.74) is 1.18. The first-order valence-electron chi connectivity index (χ1n) is 5.31. The molecule has 0 aliphatic carbocycles. The maximum Gasteiger partial charge on any atom is 0.335 e. The van der Waals surface area contributed by atoms with Crippen LogP contribution in [0.25, 0.3) is 0 Å². The first-order valence-corrected chi connectivity index (χ1v) is 5.31. The van der Waals surface area contributed by atoms with E-state index in [-0.39, 0.29) is 0 Å².